The monoisotopic (exact) mass is 279 g/mol. The van der Waals surface area contributed by atoms with E-state index in [1.807, 2.05) is 6.08 Å². The van der Waals surface area contributed by atoms with E-state index in [0.717, 1.165) is 17.9 Å². The van der Waals surface area contributed by atoms with Crippen molar-refractivity contribution in [3.05, 3.63) is 12.7 Å². The van der Waals surface area contributed by atoms with Crippen LogP contribution in [0.5, 0.6) is 0 Å². The number of nitrogens with one attached hydrogen (secondary N) is 1. The molecule has 1 aliphatic carbocycles. The van der Waals surface area contributed by atoms with Gasteiger partial charge < -0.3 is 5.32 Å². The first-order chi connectivity index (χ1) is 9.81. The third kappa shape index (κ3) is 6.92. The Bertz CT molecular complexity index is 228. The first-order valence-electron chi connectivity index (χ1n) is 9.10. The molecular weight excluding hydrogens is 242 g/mol. The van der Waals surface area contributed by atoms with E-state index in [1.54, 1.807) is 0 Å². The summed E-state index contributed by atoms with van der Waals surface area (Å²) in [6, 6.07) is 0.769. The first-order valence-corrected chi connectivity index (χ1v) is 9.10. The van der Waals surface area contributed by atoms with Crippen molar-refractivity contribution in [3.63, 3.8) is 0 Å². The van der Waals surface area contributed by atoms with Crippen molar-refractivity contribution in [2.75, 3.05) is 7.05 Å². The Kier molecular flexibility index (Phi) is 10.1. The molecule has 0 aromatic heterocycles. The van der Waals surface area contributed by atoms with Crippen molar-refractivity contribution in [1.29, 1.82) is 0 Å². The lowest BCUT2D eigenvalue weighted by atomic mass is 9.76. The van der Waals surface area contributed by atoms with Crippen molar-refractivity contribution in [3.8, 4) is 0 Å². The van der Waals surface area contributed by atoms with Gasteiger partial charge in [0.15, 0.2) is 0 Å². The molecule has 0 bridgehead atoms. The van der Waals surface area contributed by atoms with Gasteiger partial charge in [-0.1, -0.05) is 57.9 Å². The topological polar surface area (TPSA) is 12.0 Å². The number of rotatable bonds is 11. The van der Waals surface area contributed by atoms with Crippen LogP contribution in [-0.4, -0.2) is 13.1 Å². The minimum absolute atomic E-state index is 0.769. The van der Waals surface area contributed by atoms with Crippen LogP contribution in [0.15, 0.2) is 12.7 Å². The Morgan fingerprint density at radius 1 is 1.10 bits per heavy atom. The molecular formula is C19H37N. The highest BCUT2D eigenvalue weighted by Gasteiger charge is 2.26. The molecule has 1 fully saturated rings. The van der Waals surface area contributed by atoms with Gasteiger partial charge in [-0.2, -0.15) is 0 Å². The molecule has 0 saturated heterocycles. The second-order valence-electron chi connectivity index (χ2n) is 6.74. The molecule has 1 aliphatic rings. The summed E-state index contributed by atoms with van der Waals surface area (Å²) in [7, 11) is 2.16. The van der Waals surface area contributed by atoms with Crippen LogP contribution in [0.2, 0.25) is 0 Å². The molecule has 20 heavy (non-hydrogen) atoms. The quantitative estimate of drug-likeness (QED) is 0.377. The second-order valence-corrected chi connectivity index (χ2v) is 6.74. The van der Waals surface area contributed by atoms with E-state index in [9.17, 15) is 0 Å². The number of allylic oxidation sites excluding steroid dienone is 1. The van der Waals surface area contributed by atoms with Crippen LogP contribution in [0, 0.1) is 11.8 Å². The van der Waals surface area contributed by atoms with Gasteiger partial charge in [0.1, 0.15) is 0 Å². The maximum atomic E-state index is 3.80. The predicted molar refractivity (Wildman–Crippen MR) is 91.1 cm³/mol. The molecule has 1 atom stereocenters. The second kappa shape index (κ2) is 11.4. The van der Waals surface area contributed by atoms with Gasteiger partial charge in [0.25, 0.3) is 0 Å². The normalized spacial score (nSPS) is 24.5. The highest BCUT2D eigenvalue weighted by molar-refractivity contribution is 4.81. The van der Waals surface area contributed by atoms with Gasteiger partial charge in [0, 0.05) is 6.04 Å². The van der Waals surface area contributed by atoms with Gasteiger partial charge in [-0.3, -0.25) is 0 Å². The first kappa shape index (κ1) is 17.8. The molecule has 0 spiro atoms. The molecule has 0 heterocycles. The number of hydrogen-bond donors (Lipinski definition) is 1. The molecule has 0 aromatic carbocycles. The van der Waals surface area contributed by atoms with Crippen LogP contribution in [-0.2, 0) is 0 Å². The molecule has 1 nitrogen and oxygen atoms in total. The molecule has 1 N–H and O–H groups in total. The van der Waals surface area contributed by atoms with Gasteiger partial charge >= 0.3 is 0 Å². The minimum atomic E-state index is 0.769. The largest absolute Gasteiger partial charge is 0.317 e. The van der Waals surface area contributed by atoms with E-state index < -0.39 is 0 Å². The minimum Gasteiger partial charge on any atom is -0.317 e. The van der Waals surface area contributed by atoms with Crippen LogP contribution in [0.3, 0.4) is 0 Å². The van der Waals surface area contributed by atoms with Crippen molar-refractivity contribution in [2.45, 2.75) is 90.0 Å². The summed E-state index contributed by atoms with van der Waals surface area (Å²) in [5.74, 6) is 1.98. The smallest absolute Gasteiger partial charge is 0.00923 e. The summed E-state index contributed by atoms with van der Waals surface area (Å²) >= 11 is 0. The van der Waals surface area contributed by atoms with Gasteiger partial charge in [-0.05, 0) is 51.0 Å². The summed E-state index contributed by atoms with van der Waals surface area (Å²) in [6.07, 6.45) is 18.9. The Balaban J connectivity index is 2.17. The van der Waals surface area contributed by atoms with Crippen LogP contribution in [0.4, 0.5) is 0 Å². The van der Waals surface area contributed by atoms with Gasteiger partial charge in [0.2, 0.25) is 0 Å². The number of unbranched alkanes of at least 4 members (excludes halogenated alkanes) is 4. The lowest BCUT2D eigenvalue weighted by Gasteiger charge is -2.34. The molecule has 0 aliphatic heterocycles. The van der Waals surface area contributed by atoms with Crippen molar-refractivity contribution in [1.82, 2.24) is 5.32 Å². The van der Waals surface area contributed by atoms with E-state index in [1.165, 1.54) is 77.0 Å². The van der Waals surface area contributed by atoms with Crippen LogP contribution in [0.25, 0.3) is 0 Å². The Labute approximate surface area is 127 Å². The van der Waals surface area contributed by atoms with E-state index >= 15 is 0 Å². The lowest BCUT2D eigenvalue weighted by molar-refractivity contribution is 0.209. The standard InChI is InChI=1S/C19H37N/c1-4-6-8-9-10-12-19(20-3)18-15-13-17(14-16-18)11-7-5-2/h4,17-20H,1,5-16H2,2-3H3. The van der Waals surface area contributed by atoms with Crippen molar-refractivity contribution in [2.24, 2.45) is 11.8 Å². The SMILES string of the molecule is C=CCCCCCC(NC)C1CCC(CCCC)CC1. The zero-order valence-electron chi connectivity index (χ0n) is 14.0. The zero-order valence-corrected chi connectivity index (χ0v) is 14.0. The fourth-order valence-corrected chi connectivity index (χ4v) is 3.82. The highest BCUT2D eigenvalue weighted by Crippen LogP contribution is 2.34. The van der Waals surface area contributed by atoms with Gasteiger partial charge in [-0.15, -0.1) is 6.58 Å². The highest BCUT2D eigenvalue weighted by atomic mass is 14.9. The molecule has 0 aromatic rings. The third-order valence-electron chi connectivity index (χ3n) is 5.22. The fraction of sp³-hybridized carbons (Fsp3) is 0.895. The van der Waals surface area contributed by atoms with Crippen molar-refractivity contribution >= 4 is 0 Å². The summed E-state index contributed by atoms with van der Waals surface area (Å²) in [6.45, 7) is 6.11. The van der Waals surface area contributed by atoms with E-state index in [-0.39, 0.29) is 0 Å². The maximum absolute atomic E-state index is 3.80. The van der Waals surface area contributed by atoms with Crippen LogP contribution in [0.1, 0.15) is 84.0 Å². The third-order valence-corrected chi connectivity index (χ3v) is 5.22. The maximum Gasteiger partial charge on any atom is 0.00923 e. The van der Waals surface area contributed by atoms with Gasteiger partial charge in [-0.25, -0.2) is 0 Å². The van der Waals surface area contributed by atoms with Gasteiger partial charge in [0.05, 0.1) is 0 Å². The van der Waals surface area contributed by atoms with E-state index in [4.69, 9.17) is 0 Å². The summed E-state index contributed by atoms with van der Waals surface area (Å²) < 4.78 is 0. The Morgan fingerprint density at radius 2 is 1.85 bits per heavy atom. The van der Waals surface area contributed by atoms with Crippen molar-refractivity contribution < 1.29 is 0 Å². The zero-order chi connectivity index (χ0) is 14.6. The Hall–Kier alpha value is -0.300. The number of hydrogen-bond acceptors (Lipinski definition) is 1. The predicted octanol–water partition coefficient (Wildman–Crippen LogP) is 5.71. The molecule has 118 valence electrons. The summed E-state index contributed by atoms with van der Waals surface area (Å²) in [4.78, 5) is 0. The fourth-order valence-electron chi connectivity index (χ4n) is 3.82. The molecule has 1 saturated carbocycles. The molecule has 1 rings (SSSR count). The van der Waals surface area contributed by atoms with Crippen LogP contribution >= 0.6 is 0 Å². The lowest BCUT2D eigenvalue weighted by Crippen LogP contribution is -2.35. The summed E-state index contributed by atoms with van der Waals surface area (Å²) in [5.41, 5.74) is 0. The average molecular weight is 280 g/mol. The molecule has 1 heteroatoms. The van der Waals surface area contributed by atoms with E-state index in [0.29, 0.717) is 0 Å². The average Bonchev–Trinajstić information content (AvgIpc) is 2.49. The molecule has 0 amide bonds. The molecule has 0 radical (unpaired) electrons. The Morgan fingerprint density at radius 3 is 2.45 bits per heavy atom. The van der Waals surface area contributed by atoms with E-state index in [2.05, 4.69) is 25.9 Å². The molecule has 1 unspecified atom stereocenters. The summed E-state index contributed by atoms with van der Waals surface area (Å²) in [5, 5.41) is 3.60. The van der Waals surface area contributed by atoms with Crippen LogP contribution < -0.4 is 5.32 Å².